The largest absolute Gasteiger partial charge is 0.508 e. The van der Waals surface area contributed by atoms with E-state index < -0.39 is 0 Å². The highest BCUT2D eigenvalue weighted by atomic mass is 16.6. The zero-order valence-corrected chi connectivity index (χ0v) is 25.3. The van der Waals surface area contributed by atoms with E-state index in [2.05, 4.69) is 4.90 Å². The summed E-state index contributed by atoms with van der Waals surface area (Å²) in [7, 11) is 1.79. The van der Waals surface area contributed by atoms with Crippen molar-refractivity contribution < 1.29 is 24.2 Å². The van der Waals surface area contributed by atoms with Crippen molar-refractivity contribution in [1.82, 2.24) is 14.9 Å². The molecule has 0 aliphatic carbocycles. The van der Waals surface area contributed by atoms with Crippen molar-refractivity contribution in [2.75, 3.05) is 56.2 Å². The summed E-state index contributed by atoms with van der Waals surface area (Å²) in [6, 6.07) is 26.2. The first kappa shape index (κ1) is 30.1. The van der Waals surface area contributed by atoms with Gasteiger partial charge in [0.2, 0.25) is 5.91 Å². The lowest BCUT2D eigenvalue weighted by atomic mass is 9.95. The van der Waals surface area contributed by atoms with Crippen LogP contribution >= 0.6 is 0 Å². The third kappa shape index (κ3) is 7.24. The Labute approximate surface area is 262 Å². The standard InChI is InChI=1S/C35H37N5O5/c1-38(34(42)26-13-15-40(16-14-26)35(43)45-24-25-7-3-2-4-8-25)29-11-5-9-27(21-29)31-23-32(39-17-19-44-20-18-39)37-33(36-31)28-10-6-12-30(41)22-28/h2-12,21-23,26,41H,13-20,24H2,1H3. The Morgan fingerprint density at radius 1 is 0.889 bits per heavy atom. The lowest BCUT2D eigenvalue weighted by Crippen LogP contribution is -2.43. The summed E-state index contributed by atoms with van der Waals surface area (Å²) in [5, 5.41) is 10.1. The maximum Gasteiger partial charge on any atom is 0.410 e. The second kappa shape index (κ2) is 13.8. The van der Waals surface area contributed by atoms with E-state index in [-0.39, 0.29) is 30.3 Å². The van der Waals surface area contributed by atoms with Crippen LogP contribution < -0.4 is 9.80 Å². The van der Waals surface area contributed by atoms with Gasteiger partial charge in [-0.2, -0.15) is 0 Å². The average Bonchev–Trinajstić information content (AvgIpc) is 3.10. The summed E-state index contributed by atoms with van der Waals surface area (Å²) >= 11 is 0. The van der Waals surface area contributed by atoms with E-state index in [0.717, 1.165) is 41.4 Å². The molecule has 2 aliphatic heterocycles. The smallest absolute Gasteiger partial charge is 0.410 e. The Balaban J connectivity index is 1.15. The Morgan fingerprint density at radius 3 is 2.38 bits per heavy atom. The third-order valence-corrected chi connectivity index (χ3v) is 8.32. The molecule has 0 unspecified atom stereocenters. The number of benzene rings is 3. The number of morpholine rings is 1. The Morgan fingerprint density at radius 2 is 1.62 bits per heavy atom. The maximum absolute atomic E-state index is 13.6. The number of hydrogen-bond donors (Lipinski definition) is 1. The van der Waals surface area contributed by atoms with Gasteiger partial charge in [-0.05, 0) is 42.7 Å². The van der Waals surface area contributed by atoms with Crippen molar-refractivity contribution in [1.29, 1.82) is 0 Å². The number of likely N-dealkylation sites (tertiary alicyclic amines) is 1. The van der Waals surface area contributed by atoms with Gasteiger partial charge in [-0.3, -0.25) is 4.79 Å². The number of phenolic OH excluding ortho intramolecular Hbond substituents is 1. The van der Waals surface area contributed by atoms with Crippen molar-refractivity contribution in [3.05, 3.63) is 90.5 Å². The van der Waals surface area contributed by atoms with Crippen molar-refractivity contribution >= 4 is 23.5 Å². The summed E-state index contributed by atoms with van der Waals surface area (Å²) in [5.41, 5.74) is 3.98. The molecule has 2 fully saturated rings. The molecular weight excluding hydrogens is 570 g/mol. The van der Waals surface area contributed by atoms with Gasteiger partial charge >= 0.3 is 6.09 Å². The minimum atomic E-state index is -0.350. The molecule has 0 spiro atoms. The number of aromatic nitrogens is 2. The number of phenols is 1. The highest BCUT2D eigenvalue weighted by Gasteiger charge is 2.30. The molecule has 10 heteroatoms. The minimum Gasteiger partial charge on any atom is -0.508 e. The van der Waals surface area contributed by atoms with Gasteiger partial charge in [0, 0.05) is 62.0 Å². The van der Waals surface area contributed by atoms with Crippen LogP contribution in [0.3, 0.4) is 0 Å². The quantitative estimate of drug-likeness (QED) is 0.299. The molecule has 10 nitrogen and oxygen atoms in total. The van der Waals surface area contributed by atoms with Crippen LogP contribution in [0.4, 0.5) is 16.3 Å². The molecule has 45 heavy (non-hydrogen) atoms. The maximum atomic E-state index is 13.6. The van der Waals surface area contributed by atoms with Crippen molar-refractivity contribution in [3.8, 4) is 28.4 Å². The Bertz CT molecular complexity index is 1630. The first-order valence-electron chi connectivity index (χ1n) is 15.3. The monoisotopic (exact) mass is 607 g/mol. The molecule has 232 valence electrons. The Kier molecular flexibility index (Phi) is 9.21. The first-order valence-corrected chi connectivity index (χ1v) is 15.3. The van der Waals surface area contributed by atoms with Crippen LogP contribution in [0.2, 0.25) is 0 Å². The van der Waals surface area contributed by atoms with Crippen LogP contribution in [0.25, 0.3) is 22.6 Å². The van der Waals surface area contributed by atoms with E-state index in [1.165, 1.54) is 0 Å². The highest BCUT2D eigenvalue weighted by Crippen LogP contribution is 2.31. The molecule has 1 N–H and O–H groups in total. The number of rotatable bonds is 7. The van der Waals surface area contributed by atoms with Gasteiger partial charge < -0.3 is 29.3 Å². The van der Waals surface area contributed by atoms with Gasteiger partial charge in [0.05, 0.1) is 18.9 Å². The van der Waals surface area contributed by atoms with Crippen molar-refractivity contribution in [2.24, 2.45) is 5.92 Å². The van der Waals surface area contributed by atoms with Gasteiger partial charge in [-0.15, -0.1) is 0 Å². The summed E-state index contributed by atoms with van der Waals surface area (Å²) in [6.07, 6.45) is 0.800. The predicted molar refractivity (Wildman–Crippen MR) is 172 cm³/mol. The topological polar surface area (TPSA) is 108 Å². The van der Waals surface area contributed by atoms with Crippen LogP contribution in [0.5, 0.6) is 5.75 Å². The number of nitrogens with zero attached hydrogens (tertiary/aromatic N) is 5. The second-order valence-corrected chi connectivity index (χ2v) is 11.3. The second-order valence-electron chi connectivity index (χ2n) is 11.3. The molecule has 0 bridgehead atoms. The summed E-state index contributed by atoms with van der Waals surface area (Å²) in [6.45, 7) is 3.86. The molecule has 6 rings (SSSR count). The van der Waals surface area contributed by atoms with Crippen LogP contribution in [0.1, 0.15) is 18.4 Å². The van der Waals surface area contributed by atoms with E-state index in [9.17, 15) is 14.7 Å². The van der Waals surface area contributed by atoms with Crippen LogP contribution in [0, 0.1) is 5.92 Å². The minimum absolute atomic E-state index is 0.0154. The number of piperidine rings is 1. The van der Waals surface area contributed by atoms with E-state index in [1.54, 1.807) is 35.0 Å². The molecule has 2 aliphatic rings. The average molecular weight is 608 g/mol. The number of ether oxygens (including phenoxy) is 2. The Hall–Kier alpha value is -4.96. The number of carbonyl (C=O) groups excluding carboxylic acids is 2. The molecule has 2 saturated heterocycles. The molecule has 3 heterocycles. The molecular formula is C35H37N5O5. The summed E-state index contributed by atoms with van der Waals surface area (Å²) in [4.78, 5) is 41.4. The lowest BCUT2D eigenvalue weighted by Gasteiger charge is -2.32. The fourth-order valence-corrected chi connectivity index (χ4v) is 5.71. The SMILES string of the molecule is CN(C(=O)C1CCN(C(=O)OCc2ccccc2)CC1)c1cccc(-c2cc(N3CCOCC3)nc(-c3cccc(O)c3)n2)c1. The summed E-state index contributed by atoms with van der Waals surface area (Å²) in [5.74, 6) is 1.26. The number of hydrogen-bond acceptors (Lipinski definition) is 8. The number of amides is 2. The van der Waals surface area contributed by atoms with Gasteiger partial charge in [0.25, 0.3) is 0 Å². The van der Waals surface area contributed by atoms with Gasteiger partial charge in [0.15, 0.2) is 5.82 Å². The normalized spacial score (nSPS) is 15.5. The fraction of sp³-hybridized carbons (Fsp3) is 0.314. The first-order chi connectivity index (χ1) is 21.9. The van der Waals surface area contributed by atoms with Gasteiger partial charge in [-0.25, -0.2) is 14.8 Å². The van der Waals surface area contributed by atoms with E-state index in [4.69, 9.17) is 19.4 Å². The molecule has 1 aromatic heterocycles. The molecule has 0 saturated carbocycles. The zero-order valence-electron chi connectivity index (χ0n) is 25.3. The van der Waals surface area contributed by atoms with Gasteiger partial charge in [0.1, 0.15) is 18.2 Å². The number of carbonyl (C=O) groups is 2. The fourth-order valence-electron chi connectivity index (χ4n) is 5.71. The zero-order chi connectivity index (χ0) is 31.2. The molecule has 0 atom stereocenters. The number of aromatic hydroxyl groups is 1. The van der Waals surface area contributed by atoms with E-state index in [1.807, 2.05) is 66.7 Å². The van der Waals surface area contributed by atoms with E-state index >= 15 is 0 Å². The molecule has 2 amide bonds. The van der Waals surface area contributed by atoms with E-state index in [0.29, 0.717) is 50.5 Å². The van der Waals surface area contributed by atoms with Crippen molar-refractivity contribution in [3.63, 3.8) is 0 Å². The van der Waals surface area contributed by atoms with Crippen LogP contribution in [-0.4, -0.2) is 78.4 Å². The van der Waals surface area contributed by atoms with Gasteiger partial charge in [-0.1, -0.05) is 54.6 Å². The molecule has 4 aromatic rings. The predicted octanol–water partition coefficient (Wildman–Crippen LogP) is 5.36. The summed E-state index contributed by atoms with van der Waals surface area (Å²) < 4.78 is 11.0. The van der Waals surface area contributed by atoms with Crippen molar-refractivity contribution in [2.45, 2.75) is 19.4 Å². The highest BCUT2D eigenvalue weighted by molar-refractivity contribution is 5.95. The van der Waals surface area contributed by atoms with Crippen LogP contribution in [0.15, 0.2) is 84.9 Å². The molecule has 3 aromatic carbocycles. The lowest BCUT2D eigenvalue weighted by molar-refractivity contribution is -0.123. The molecule has 0 radical (unpaired) electrons. The van der Waals surface area contributed by atoms with Crippen LogP contribution in [-0.2, 0) is 20.9 Å². The third-order valence-electron chi connectivity index (χ3n) is 8.32. The number of anilines is 2.